The van der Waals surface area contributed by atoms with Crippen LogP contribution in [-0.4, -0.2) is 19.0 Å². The third kappa shape index (κ3) is 1.07. The van der Waals surface area contributed by atoms with Crippen molar-refractivity contribution in [2.75, 3.05) is 13.1 Å². The fraction of sp³-hybridized carbons (Fsp3) is 0.400. The zero-order valence-corrected chi connectivity index (χ0v) is 4.53. The topological polar surface area (TPSA) is 41.1 Å². The van der Waals surface area contributed by atoms with Gasteiger partial charge in [-0.3, -0.25) is 4.79 Å². The molecular formula is C5H8N2O. The summed E-state index contributed by atoms with van der Waals surface area (Å²) in [5.41, 5.74) is 0.751. The van der Waals surface area contributed by atoms with Gasteiger partial charge in [-0.05, 0) is 0 Å². The minimum Gasteiger partial charge on any atom is -0.328 e. The first kappa shape index (κ1) is 5.31. The molecule has 1 aliphatic heterocycles. The highest BCUT2D eigenvalue weighted by molar-refractivity contribution is 5.80. The highest BCUT2D eigenvalue weighted by atomic mass is 16.2. The third-order valence-corrected chi connectivity index (χ3v) is 0.940. The Morgan fingerprint density at radius 3 is 2.62 bits per heavy atom. The van der Waals surface area contributed by atoms with Crippen LogP contribution in [0.2, 0.25) is 0 Å². The van der Waals surface area contributed by atoms with Crippen LogP contribution in [0.3, 0.4) is 0 Å². The molecule has 1 fully saturated rings. The van der Waals surface area contributed by atoms with Gasteiger partial charge in [-0.25, -0.2) is 0 Å². The molecule has 1 saturated heterocycles. The Hall–Kier alpha value is -0.830. The fourth-order valence-corrected chi connectivity index (χ4v) is 0.612. The largest absolute Gasteiger partial charge is 0.328 e. The number of nitrogens with one attached hydrogen (secondary N) is 2. The van der Waals surface area contributed by atoms with E-state index in [1.807, 2.05) is 0 Å². The molecule has 3 nitrogen and oxygen atoms in total. The lowest BCUT2D eigenvalue weighted by atomic mass is 10.4. The summed E-state index contributed by atoms with van der Waals surface area (Å²) in [4.78, 5) is 10.4. The van der Waals surface area contributed by atoms with Crippen molar-refractivity contribution >= 4 is 5.91 Å². The van der Waals surface area contributed by atoms with Crippen LogP contribution < -0.4 is 10.6 Å². The molecule has 0 saturated carbocycles. The lowest BCUT2D eigenvalue weighted by molar-refractivity contribution is -0.120. The molecule has 0 aromatic heterocycles. The molecule has 1 heterocycles. The molecule has 1 amide bonds. The van der Waals surface area contributed by atoms with Gasteiger partial charge in [-0.2, -0.15) is 0 Å². The molecule has 1 rings (SSSR count). The summed E-state index contributed by atoms with van der Waals surface area (Å²) >= 11 is 0. The van der Waals surface area contributed by atoms with Crippen LogP contribution in [0.4, 0.5) is 0 Å². The molecular weight excluding hydrogens is 104 g/mol. The van der Waals surface area contributed by atoms with Crippen molar-refractivity contribution in [3.63, 3.8) is 0 Å². The lowest BCUT2D eigenvalue weighted by Gasteiger charge is -2.14. The summed E-state index contributed by atoms with van der Waals surface area (Å²) in [5, 5.41) is 5.46. The van der Waals surface area contributed by atoms with Crippen molar-refractivity contribution in [3.05, 3.63) is 12.3 Å². The van der Waals surface area contributed by atoms with E-state index in [1.54, 1.807) is 0 Å². The Balaban J connectivity index is 2.45. The van der Waals surface area contributed by atoms with Gasteiger partial charge in [-0.15, -0.1) is 0 Å². The second-order valence-electron chi connectivity index (χ2n) is 1.76. The maximum absolute atomic E-state index is 10.4. The van der Waals surface area contributed by atoms with Crippen LogP contribution in [0, 0.1) is 0 Å². The number of piperazine rings is 1. The number of rotatable bonds is 0. The molecule has 0 bridgehead atoms. The van der Waals surface area contributed by atoms with Crippen LogP contribution in [-0.2, 0) is 4.79 Å². The van der Waals surface area contributed by atoms with E-state index in [-0.39, 0.29) is 5.91 Å². The van der Waals surface area contributed by atoms with Gasteiger partial charge in [0.1, 0.15) is 0 Å². The molecule has 0 aromatic rings. The molecule has 0 radical (unpaired) electrons. The van der Waals surface area contributed by atoms with E-state index < -0.39 is 0 Å². The van der Waals surface area contributed by atoms with Crippen LogP contribution in [0.15, 0.2) is 12.3 Å². The van der Waals surface area contributed by atoms with Crippen LogP contribution in [0.5, 0.6) is 0 Å². The first-order valence-corrected chi connectivity index (χ1v) is 2.47. The predicted octanol–water partition coefficient (Wildman–Crippen LogP) is -0.781. The van der Waals surface area contributed by atoms with Gasteiger partial charge in [-0.1, -0.05) is 6.58 Å². The molecule has 8 heavy (non-hydrogen) atoms. The lowest BCUT2D eigenvalue weighted by Crippen LogP contribution is -2.42. The van der Waals surface area contributed by atoms with E-state index >= 15 is 0 Å². The van der Waals surface area contributed by atoms with Crippen LogP contribution >= 0.6 is 0 Å². The monoisotopic (exact) mass is 112 g/mol. The van der Waals surface area contributed by atoms with Gasteiger partial charge in [0.15, 0.2) is 0 Å². The predicted molar refractivity (Wildman–Crippen MR) is 30.2 cm³/mol. The summed E-state index contributed by atoms with van der Waals surface area (Å²) in [7, 11) is 0. The summed E-state index contributed by atoms with van der Waals surface area (Å²) in [5.74, 6) is 0.00116. The SMILES string of the molecule is C=C1CNCC(=O)N1. The van der Waals surface area contributed by atoms with E-state index in [0.717, 1.165) is 5.70 Å². The van der Waals surface area contributed by atoms with Gasteiger partial charge in [0.05, 0.1) is 6.54 Å². The molecule has 2 N–H and O–H groups in total. The van der Waals surface area contributed by atoms with Crippen molar-refractivity contribution in [1.29, 1.82) is 0 Å². The van der Waals surface area contributed by atoms with Gasteiger partial charge in [0, 0.05) is 12.2 Å². The smallest absolute Gasteiger partial charge is 0.238 e. The number of carbonyl (C=O) groups excluding carboxylic acids is 1. The Bertz CT molecular complexity index is 116. The maximum atomic E-state index is 10.4. The average Bonchev–Trinajstić information content (AvgIpc) is 1.64. The van der Waals surface area contributed by atoms with E-state index in [9.17, 15) is 4.79 Å². The van der Waals surface area contributed by atoms with Crippen molar-refractivity contribution in [3.8, 4) is 0 Å². The second kappa shape index (κ2) is 1.96. The highest BCUT2D eigenvalue weighted by Crippen LogP contribution is 1.84. The highest BCUT2D eigenvalue weighted by Gasteiger charge is 2.07. The number of hydrogen-bond donors (Lipinski definition) is 2. The first-order valence-electron chi connectivity index (χ1n) is 2.47. The molecule has 44 valence electrons. The summed E-state index contributed by atoms with van der Waals surface area (Å²) in [6, 6.07) is 0. The van der Waals surface area contributed by atoms with Crippen molar-refractivity contribution in [2.24, 2.45) is 0 Å². The van der Waals surface area contributed by atoms with E-state index in [1.165, 1.54) is 0 Å². The Morgan fingerprint density at radius 2 is 2.25 bits per heavy atom. The first-order chi connectivity index (χ1) is 3.79. The van der Waals surface area contributed by atoms with Gasteiger partial charge < -0.3 is 10.6 Å². The quantitative estimate of drug-likeness (QED) is 0.431. The summed E-state index contributed by atoms with van der Waals surface area (Å²) < 4.78 is 0. The standard InChI is InChI=1S/C5H8N2O/c1-4-2-6-3-5(8)7-4/h6H,1-3H2,(H,7,8). The van der Waals surface area contributed by atoms with E-state index in [0.29, 0.717) is 13.1 Å². The van der Waals surface area contributed by atoms with Gasteiger partial charge in [0.2, 0.25) is 5.91 Å². The zero-order chi connectivity index (χ0) is 5.98. The van der Waals surface area contributed by atoms with Gasteiger partial charge >= 0.3 is 0 Å². The molecule has 0 aromatic carbocycles. The van der Waals surface area contributed by atoms with Crippen molar-refractivity contribution in [1.82, 2.24) is 10.6 Å². The summed E-state index contributed by atoms with van der Waals surface area (Å²) in [6.07, 6.45) is 0. The van der Waals surface area contributed by atoms with Crippen molar-refractivity contribution < 1.29 is 4.79 Å². The number of hydrogen-bond acceptors (Lipinski definition) is 2. The minimum atomic E-state index is 0.00116. The second-order valence-corrected chi connectivity index (χ2v) is 1.76. The zero-order valence-electron chi connectivity index (χ0n) is 4.53. The molecule has 0 aliphatic carbocycles. The van der Waals surface area contributed by atoms with Crippen LogP contribution in [0.25, 0.3) is 0 Å². The maximum Gasteiger partial charge on any atom is 0.238 e. The normalized spacial score (nSPS) is 20.5. The molecule has 3 heteroatoms. The number of carbonyl (C=O) groups is 1. The molecule has 0 spiro atoms. The molecule has 0 unspecified atom stereocenters. The minimum absolute atomic E-state index is 0.00116. The Kier molecular flexibility index (Phi) is 1.30. The fourth-order valence-electron chi connectivity index (χ4n) is 0.612. The molecule has 1 aliphatic rings. The Morgan fingerprint density at radius 1 is 1.50 bits per heavy atom. The van der Waals surface area contributed by atoms with E-state index in [4.69, 9.17) is 0 Å². The Labute approximate surface area is 47.8 Å². The van der Waals surface area contributed by atoms with Crippen molar-refractivity contribution in [2.45, 2.75) is 0 Å². The average molecular weight is 112 g/mol. The number of amides is 1. The van der Waals surface area contributed by atoms with Gasteiger partial charge in [0.25, 0.3) is 0 Å². The van der Waals surface area contributed by atoms with E-state index in [2.05, 4.69) is 17.2 Å². The summed E-state index contributed by atoms with van der Waals surface area (Å²) in [6.45, 7) is 4.69. The molecule has 0 atom stereocenters. The third-order valence-electron chi connectivity index (χ3n) is 0.940. The van der Waals surface area contributed by atoms with Crippen LogP contribution in [0.1, 0.15) is 0 Å².